The van der Waals surface area contributed by atoms with E-state index in [1.54, 1.807) is 13.1 Å². The Hall–Kier alpha value is -2.27. The van der Waals surface area contributed by atoms with Crippen LogP contribution in [0.2, 0.25) is 5.28 Å². The second kappa shape index (κ2) is 6.25. The first-order chi connectivity index (χ1) is 9.61. The third-order valence-corrected chi connectivity index (χ3v) is 2.72. The molecule has 0 amide bonds. The van der Waals surface area contributed by atoms with Gasteiger partial charge in [0.25, 0.3) is 0 Å². The number of nitrogens with zero attached hydrogens (tertiary/aromatic N) is 2. The minimum absolute atomic E-state index is 0.0522. The zero-order valence-corrected chi connectivity index (χ0v) is 11.4. The topological polar surface area (TPSA) is 54.9 Å². The highest BCUT2D eigenvalue weighted by molar-refractivity contribution is 6.30. The molecule has 0 radical (unpaired) electrons. The molecule has 0 saturated heterocycles. The summed E-state index contributed by atoms with van der Waals surface area (Å²) in [6, 6.07) is 6.89. The Kier molecular flexibility index (Phi) is 4.42. The molecule has 1 aromatic carbocycles. The van der Waals surface area contributed by atoms with E-state index >= 15 is 0 Å². The Balaban J connectivity index is 2.41. The lowest BCUT2D eigenvalue weighted by molar-refractivity contribution is 0.105. The quantitative estimate of drug-likeness (QED) is 0.535. The Morgan fingerprint density at radius 3 is 2.60 bits per heavy atom. The van der Waals surface area contributed by atoms with Crippen molar-refractivity contribution in [3.63, 3.8) is 0 Å². The van der Waals surface area contributed by atoms with Crippen LogP contribution in [0.5, 0.6) is 0 Å². The number of aromatic nitrogens is 2. The van der Waals surface area contributed by atoms with Crippen LogP contribution in [0.25, 0.3) is 5.57 Å². The van der Waals surface area contributed by atoms with Crippen LogP contribution in [0.3, 0.4) is 0 Å². The Morgan fingerprint density at radius 2 is 2.00 bits per heavy atom. The van der Waals surface area contributed by atoms with Gasteiger partial charge >= 0.3 is 0 Å². The van der Waals surface area contributed by atoms with E-state index in [2.05, 4.69) is 15.3 Å². The number of halogens is 2. The molecule has 6 heteroatoms. The Morgan fingerprint density at radius 1 is 1.30 bits per heavy atom. The van der Waals surface area contributed by atoms with E-state index in [4.69, 9.17) is 11.6 Å². The monoisotopic (exact) mass is 291 g/mol. The molecule has 0 spiro atoms. The summed E-state index contributed by atoms with van der Waals surface area (Å²) in [5.74, 6) is -0.681. The average molecular weight is 292 g/mol. The van der Waals surface area contributed by atoms with Gasteiger partial charge in [0.15, 0.2) is 5.78 Å². The van der Waals surface area contributed by atoms with Crippen LogP contribution in [0, 0.1) is 5.82 Å². The van der Waals surface area contributed by atoms with E-state index in [1.165, 1.54) is 36.7 Å². The van der Waals surface area contributed by atoms with Gasteiger partial charge in [-0.3, -0.25) is 4.79 Å². The van der Waals surface area contributed by atoms with E-state index in [0.717, 1.165) is 0 Å². The molecule has 0 aliphatic carbocycles. The van der Waals surface area contributed by atoms with Crippen LogP contribution >= 0.6 is 11.6 Å². The summed E-state index contributed by atoms with van der Waals surface area (Å²) >= 11 is 5.73. The van der Waals surface area contributed by atoms with Gasteiger partial charge in [-0.15, -0.1) is 0 Å². The largest absolute Gasteiger partial charge is 0.393 e. The lowest BCUT2D eigenvalue weighted by atomic mass is 10.0. The third kappa shape index (κ3) is 3.19. The normalized spacial score (nSPS) is 11.2. The highest BCUT2D eigenvalue weighted by Crippen LogP contribution is 2.18. The molecule has 0 fully saturated rings. The van der Waals surface area contributed by atoms with Gasteiger partial charge in [-0.25, -0.2) is 14.4 Å². The van der Waals surface area contributed by atoms with E-state index in [1.807, 2.05) is 0 Å². The molecule has 102 valence electrons. The van der Waals surface area contributed by atoms with Crippen molar-refractivity contribution in [3.8, 4) is 0 Å². The summed E-state index contributed by atoms with van der Waals surface area (Å²) < 4.78 is 12.9. The molecular formula is C14H11ClFN3O. The Labute approximate surface area is 120 Å². The predicted octanol–water partition coefficient (Wildman–Crippen LogP) is 2.71. The zero-order chi connectivity index (χ0) is 14.5. The average Bonchev–Trinajstić information content (AvgIpc) is 2.45. The lowest BCUT2D eigenvalue weighted by Crippen LogP contribution is -2.08. The van der Waals surface area contributed by atoms with E-state index < -0.39 is 5.82 Å². The van der Waals surface area contributed by atoms with Crippen LogP contribution in [-0.2, 0) is 0 Å². The van der Waals surface area contributed by atoms with Gasteiger partial charge in [0.2, 0.25) is 5.28 Å². The SMILES string of the molecule is CN/C=C(/C(=O)c1ccc(F)cc1)c1ccnc(Cl)n1. The fourth-order valence-electron chi connectivity index (χ4n) is 1.64. The maximum Gasteiger partial charge on any atom is 0.222 e. The lowest BCUT2D eigenvalue weighted by Gasteiger charge is -2.06. The number of rotatable bonds is 4. The number of benzene rings is 1. The van der Waals surface area contributed by atoms with Gasteiger partial charge in [-0.2, -0.15) is 0 Å². The fourth-order valence-corrected chi connectivity index (χ4v) is 1.79. The first-order valence-electron chi connectivity index (χ1n) is 5.78. The van der Waals surface area contributed by atoms with Gasteiger partial charge < -0.3 is 5.32 Å². The van der Waals surface area contributed by atoms with Crippen molar-refractivity contribution in [2.45, 2.75) is 0 Å². The second-order valence-corrected chi connectivity index (χ2v) is 4.23. The smallest absolute Gasteiger partial charge is 0.222 e. The first kappa shape index (κ1) is 14.1. The second-order valence-electron chi connectivity index (χ2n) is 3.89. The summed E-state index contributed by atoms with van der Waals surface area (Å²) in [6.45, 7) is 0. The van der Waals surface area contributed by atoms with Crippen LogP contribution in [0.4, 0.5) is 4.39 Å². The van der Waals surface area contributed by atoms with Crippen molar-refractivity contribution in [1.82, 2.24) is 15.3 Å². The number of nitrogens with one attached hydrogen (secondary N) is 1. The molecule has 0 bridgehead atoms. The molecule has 2 rings (SSSR count). The molecular weight excluding hydrogens is 281 g/mol. The molecule has 4 nitrogen and oxygen atoms in total. The molecule has 1 heterocycles. The number of carbonyl (C=O) groups excluding carboxylic acids is 1. The van der Waals surface area contributed by atoms with Crippen LogP contribution < -0.4 is 5.32 Å². The van der Waals surface area contributed by atoms with Gasteiger partial charge in [0, 0.05) is 25.0 Å². The standard InChI is InChI=1S/C14H11ClFN3O/c1-17-8-11(12-6-7-18-14(15)19-12)13(20)9-2-4-10(16)5-3-9/h2-8,17H,1H3/b11-8+. The van der Waals surface area contributed by atoms with E-state index in [9.17, 15) is 9.18 Å². The molecule has 1 N–H and O–H groups in total. The van der Waals surface area contributed by atoms with Crippen LogP contribution in [0.15, 0.2) is 42.7 Å². The highest BCUT2D eigenvalue weighted by atomic mass is 35.5. The van der Waals surface area contributed by atoms with Crippen LogP contribution in [0.1, 0.15) is 16.1 Å². The van der Waals surface area contributed by atoms with Gasteiger partial charge in [0.1, 0.15) is 5.82 Å². The third-order valence-electron chi connectivity index (χ3n) is 2.54. The predicted molar refractivity (Wildman–Crippen MR) is 74.8 cm³/mol. The van der Waals surface area contributed by atoms with Crippen molar-refractivity contribution in [3.05, 3.63) is 65.1 Å². The molecule has 0 aliphatic rings. The first-order valence-corrected chi connectivity index (χ1v) is 6.16. The highest BCUT2D eigenvalue weighted by Gasteiger charge is 2.16. The van der Waals surface area contributed by atoms with Gasteiger partial charge in [-0.05, 0) is 41.9 Å². The molecule has 0 unspecified atom stereocenters. The van der Waals surface area contributed by atoms with Crippen molar-refractivity contribution in [2.24, 2.45) is 0 Å². The summed E-state index contributed by atoms with van der Waals surface area (Å²) in [4.78, 5) is 20.2. The number of Topliss-reactive ketones (excluding diaryl/α,β-unsaturated/α-hetero) is 1. The summed E-state index contributed by atoms with van der Waals surface area (Å²) in [7, 11) is 1.67. The number of ketones is 1. The van der Waals surface area contributed by atoms with Crippen molar-refractivity contribution < 1.29 is 9.18 Å². The van der Waals surface area contributed by atoms with Gasteiger partial charge in [-0.1, -0.05) is 0 Å². The van der Waals surface area contributed by atoms with Crippen molar-refractivity contribution >= 4 is 23.0 Å². The molecule has 20 heavy (non-hydrogen) atoms. The number of hydrogen-bond donors (Lipinski definition) is 1. The summed E-state index contributed by atoms with van der Waals surface area (Å²) in [5, 5.41) is 2.84. The van der Waals surface area contributed by atoms with Crippen molar-refractivity contribution in [2.75, 3.05) is 7.05 Å². The minimum atomic E-state index is -0.397. The summed E-state index contributed by atoms with van der Waals surface area (Å²) in [5.41, 5.74) is 1.08. The number of allylic oxidation sites excluding steroid dienone is 1. The zero-order valence-electron chi connectivity index (χ0n) is 10.6. The Bertz CT molecular complexity index is 656. The van der Waals surface area contributed by atoms with Crippen LogP contribution in [-0.4, -0.2) is 22.8 Å². The van der Waals surface area contributed by atoms with E-state index in [0.29, 0.717) is 16.8 Å². The molecule has 1 aromatic heterocycles. The molecule has 0 saturated carbocycles. The maximum atomic E-state index is 12.9. The van der Waals surface area contributed by atoms with E-state index in [-0.39, 0.29) is 11.1 Å². The maximum absolute atomic E-state index is 12.9. The molecule has 0 aliphatic heterocycles. The summed E-state index contributed by atoms with van der Waals surface area (Å²) in [6.07, 6.45) is 2.98. The van der Waals surface area contributed by atoms with Gasteiger partial charge in [0.05, 0.1) is 11.3 Å². The van der Waals surface area contributed by atoms with Crippen molar-refractivity contribution in [1.29, 1.82) is 0 Å². The minimum Gasteiger partial charge on any atom is -0.393 e. The molecule has 0 atom stereocenters. The number of hydrogen-bond acceptors (Lipinski definition) is 4. The molecule has 2 aromatic rings. The fraction of sp³-hybridized carbons (Fsp3) is 0.0714. The number of carbonyl (C=O) groups is 1.